The van der Waals surface area contributed by atoms with Crippen LogP contribution in [0.25, 0.3) is 10.9 Å². The van der Waals surface area contributed by atoms with E-state index in [-0.39, 0.29) is 11.5 Å². The summed E-state index contributed by atoms with van der Waals surface area (Å²) >= 11 is 6.22. The Morgan fingerprint density at radius 1 is 1.20 bits per heavy atom. The van der Waals surface area contributed by atoms with E-state index in [0.717, 1.165) is 16.5 Å². The first kappa shape index (κ1) is 13.8. The van der Waals surface area contributed by atoms with Crippen molar-refractivity contribution < 1.29 is 8.42 Å². The molecule has 1 saturated heterocycles. The van der Waals surface area contributed by atoms with Crippen molar-refractivity contribution in [2.24, 2.45) is 0 Å². The van der Waals surface area contributed by atoms with Crippen molar-refractivity contribution in [1.82, 2.24) is 9.88 Å². The number of benzene rings is 1. The van der Waals surface area contributed by atoms with Crippen LogP contribution in [0.2, 0.25) is 5.15 Å². The van der Waals surface area contributed by atoms with Crippen molar-refractivity contribution in [2.45, 2.75) is 6.54 Å². The highest BCUT2D eigenvalue weighted by atomic mass is 35.5. The second-order valence-electron chi connectivity index (χ2n) is 5.06. The van der Waals surface area contributed by atoms with Crippen LogP contribution in [-0.2, 0) is 16.4 Å². The standard InChI is InChI=1S/C14H15ClN2O2S/c15-14-12(9-11-3-1-2-4-13(11)16-14)10-17-5-7-20(18,19)8-6-17/h1-4,9H,5-8,10H2. The molecule has 0 saturated carbocycles. The highest BCUT2D eigenvalue weighted by Crippen LogP contribution is 2.22. The molecular weight excluding hydrogens is 296 g/mol. The van der Waals surface area contributed by atoms with Gasteiger partial charge in [0.25, 0.3) is 0 Å². The molecule has 4 nitrogen and oxygen atoms in total. The minimum Gasteiger partial charge on any atom is -0.297 e. The molecule has 6 heteroatoms. The van der Waals surface area contributed by atoms with Gasteiger partial charge in [0.15, 0.2) is 9.84 Å². The Morgan fingerprint density at radius 2 is 1.90 bits per heavy atom. The second kappa shape index (κ2) is 5.31. The molecular formula is C14H15ClN2O2S. The molecule has 1 aliphatic rings. The third-order valence-electron chi connectivity index (χ3n) is 3.58. The van der Waals surface area contributed by atoms with E-state index in [4.69, 9.17) is 11.6 Å². The molecule has 2 aromatic rings. The smallest absolute Gasteiger partial charge is 0.152 e. The third-order valence-corrected chi connectivity index (χ3v) is 5.52. The van der Waals surface area contributed by atoms with Gasteiger partial charge >= 0.3 is 0 Å². The number of nitrogens with zero attached hydrogens (tertiary/aromatic N) is 2. The predicted octanol–water partition coefficient (Wildman–Crippen LogP) is 2.12. The number of hydrogen-bond acceptors (Lipinski definition) is 4. The summed E-state index contributed by atoms with van der Waals surface area (Å²) in [5.41, 5.74) is 1.83. The number of fused-ring (bicyclic) bond motifs is 1. The van der Waals surface area contributed by atoms with E-state index in [9.17, 15) is 8.42 Å². The summed E-state index contributed by atoms with van der Waals surface area (Å²) in [5.74, 6) is 0.456. The molecule has 0 spiro atoms. The molecule has 0 unspecified atom stereocenters. The van der Waals surface area contributed by atoms with Gasteiger partial charge in [-0.1, -0.05) is 29.8 Å². The van der Waals surface area contributed by atoms with Crippen LogP contribution < -0.4 is 0 Å². The number of aromatic nitrogens is 1. The van der Waals surface area contributed by atoms with Crippen molar-refractivity contribution in [1.29, 1.82) is 0 Å². The summed E-state index contributed by atoms with van der Waals surface area (Å²) in [5, 5.41) is 1.55. The Balaban J connectivity index is 1.82. The Kier molecular flexibility index (Phi) is 3.67. The van der Waals surface area contributed by atoms with E-state index in [2.05, 4.69) is 9.88 Å². The summed E-state index contributed by atoms with van der Waals surface area (Å²) in [4.78, 5) is 6.50. The van der Waals surface area contributed by atoms with Gasteiger partial charge in [0.1, 0.15) is 5.15 Å². The Hall–Kier alpha value is -1.17. The van der Waals surface area contributed by atoms with Crippen LogP contribution in [0.1, 0.15) is 5.56 Å². The monoisotopic (exact) mass is 310 g/mol. The first-order valence-corrected chi connectivity index (χ1v) is 8.70. The summed E-state index contributed by atoms with van der Waals surface area (Å²) < 4.78 is 22.9. The van der Waals surface area contributed by atoms with E-state index in [0.29, 0.717) is 24.8 Å². The predicted molar refractivity (Wildman–Crippen MR) is 80.7 cm³/mol. The van der Waals surface area contributed by atoms with E-state index < -0.39 is 9.84 Å². The fourth-order valence-corrected chi connectivity index (χ4v) is 3.88. The topological polar surface area (TPSA) is 50.3 Å². The molecule has 1 aliphatic heterocycles. The van der Waals surface area contributed by atoms with E-state index in [1.807, 2.05) is 30.3 Å². The molecule has 106 valence electrons. The molecule has 0 N–H and O–H groups in total. The minimum atomic E-state index is -2.84. The van der Waals surface area contributed by atoms with Crippen LogP contribution in [0.4, 0.5) is 0 Å². The van der Waals surface area contributed by atoms with Gasteiger partial charge in [0, 0.05) is 30.6 Å². The van der Waals surface area contributed by atoms with Crippen LogP contribution >= 0.6 is 11.6 Å². The van der Waals surface area contributed by atoms with Crippen molar-refractivity contribution in [3.8, 4) is 0 Å². The van der Waals surface area contributed by atoms with Gasteiger partial charge in [0.2, 0.25) is 0 Å². The number of sulfone groups is 1. The number of para-hydroxylation sites is 1. The zero-order valence-electron chi connectivity index (χ0n) is 10.9. The fourth-order valence-electron chi connectivity index (χ4n) is 2.40. The lowest BCUT2D eigenvalue weighted by Crippen LogP contribution is -2.39. The van der Waals surface area contributed by atoms with Crippen LogP contribution in [0.5, 0.6) is 0 Å². The minimum absolute atomic E-state index is 0.228. The lowest BCUT2D eigenvalue weighted by atomic mass is 10.1. The number of halogens is 1. The molecule has 1 aromatic heterocycles. The van der Waals surface area contributed by atoms with Gasteiger partial charge in [-0.2, -0.15) is 0 Å². The average molecular weight is 311 g/mol. The SMILES string of the molecule is O=S1(=O)CCN(Cc2cc3ccccc3nc2Cl)CC1. The molecule has 0 bridgehead atoms. The van der Waals surface area contributed by atoms with Crippen molar-refractivity contribution >= 4 is 32.3 Å². The number of rotatable bonds is 2. The maximum Gasteiger partial charge on any atom is 0.152 e. The molecule has 3 rings (SSSR count). The van der Waals surface area contributed by atoms with Gasteiger partial charge in [-0.3, -0.25) is 4.90 Å². The molecule has 2 heterocycles. The largest absolute Gasteiger partial charge is 0.297 e. The Bertz CT molecular complexity index is 732. The van der Waals surface area contributed by atoms with Crippen LogP contribution in [-0.4, -0.2) is 42.9 Å². The van der Waals surface area contributed by atoms with Crippen LogP contribution in [0.15, 0.2) is 30.3 Å². The Labute approximate surface area is 123 Å². The highest BCUT2D eigenvalue weighted by Gasteiger charge is 2.22. The van der Waals surface area contributed by atoms with Crippen molar-refractivity contribution in [2.75, 3.05) is 24.6 Å². The average Bonchev–Trinajstić information content (AvgIpc) is 2.42. The molecule has 1 fully saturated rings. The molecule has 20 heavy (non-hydrogen) atoms. The van der Waals surface area contributed by atoms with E-state index >= 15 is 0 Å². The lowest BCUT2D eigenvalue weighted by Gasteiger charge is -2.26. The van der Waals surface area contributed by atoms with Gasteiger partial charge in [-0.15, -0.1) is 0 Å². The molecule has 1 aromatic carbocycles. The van der Waals surface area contributed by atoms with Gasteiger partial charge in [0.05, 0.1) is 17.0 Å². The first-order valence-electron chi connectivity index (χ1n) is 6.50. The quantitative estimate of drug-likeness (QED) is 0.797. The summed E-state index contributed by atoms with van der Waals surface area (Å²) in [6, 6.07) is 9.87. The maximum atomic E-state index is 11.4. The van der Waals surface area contributed by atoms with E-state index in [1.165, 1.54) is 0 Å². The van der Waals surface area contributed by atoms with Gasteiger partial charge in [-0.25, -0.2) is 13.4 Å². The maximum absolute atomic E-state index is 11.4. The zero-order chi connectivity index (χ0) is 14.2. The third kappa shape index (κ3) is 2.95. The van der Waals surface area contributed by atoms with Crippen molar-refractivity contribution in [3.05, 3.63) is 41.0 Å². The lowest BCUT2D eigenvalue weighted by molar-refractivity contribution is 0.287. The normalized spacial score (nSPS) is 19.2. The second-order valence-corrected chi connectivity index (χ2v) is 7.72. The summed E-state index contributed by atoms with van der Waals surface area (Å²) in [7, 11) is -2.84. The first-order chi connectivity index (χ1) is 9.53. The molecule has 0 atom stereocenters. The van der Waals surface area contributed by atoms with Gasteiger partial charge < -0.3 is 0 Å². The molecule has 0 aliphatic carbocycles. The molecule has 0 radical (unpaired) electrons. The highest BCUT2D eigenvalue weighted by molar-refractivity contribution is 7.91. The van der Waals surface area contributed by atoms with Crippen molar-refractivity contribution in [3.63, 3.8) is 0 Å². The van der Waals surface area contributed by atoms with Crippen LogP contribution in [0.3, 0.4) is 0 Å². The Morgan fingerprint density at radius 3 is 2.65 bits per heavy atom. The van der Waals surface area contributed by atoms with E-state index in [1.54, 1.807) is 0 Å². The number of pyridine rings is 1. The van der Waals surface area contributed by atoms with Gasteiger partial charge in [-0.05, 0) is 12.1 Å². The number of hydrogen-bond donors (Lipinski definition) is 0. The summed E-state index contributed by atoms with van der Waals surface area (Å²) in [6.45, 7) is 1.77. The summed E-state index contributed by atoms with van der Waals surface area (Å²) in [6.07, 6.45) is 0. The fraction of sp³-hybridized carbons (Fsp3) is 0.357. The molecule has 0 amide bonds. The van der Waals surface area contributed by atoms with Crippen LogP contribution in [0, 0.1) is 0 Å². The zero-order valence-corrected chi connectivity index (χ0v) is 12.5.